The molecule has 112 valence electrons. The van der Waals surface area contributed by atoms with Crippen LogP contribution in [0.2, 0.25) is 0 Å². The van der Waals surface area contributed by atoms with E-state index in [1.165, 1.54) is 4.74 Å². The summed E-state index contributed by atoms with van der Waals surface area (Å²) in [5.74, 6) is -0.446. The Morgan fingerprint density at radius 2 is 1.86 bits per heavy atom. The number of aromatic nitrogens is 1. The number of carbonyl (C=O) groups is 1. The molecule has 0 bridgehead atoms. The second-order valence-electron chi connectivity index (χ2n) is 6.09. The van der Waals surface area contributed by atoms with Gasteiger partial charge in [-0.05, 0) is 24.0 Å². The van der Waals surface area contributed by atoms with Crippen LogP contribution in [0.1, 0.15) is 42.4 Å². The van der Waals surface area contributed by atoms with E-state index < -0.39 is 11.5 Å². The zero-order chi connectivity index (χ0) is 15.8. The third kappa shape index (κ3) is 2.91. The zero-order valence-electron chi connectivity index (χ0n) is 13.0. The number of nitrogens with zero attached hydrogens (tertiary/aromatic N) is 1. The maximum absolute atomic E-state index is 12.4. The summed E-state index contributed by atoms with van der Waals surface area (Å²) in [6.45, 7) is 7.88. The number of nitrogens with one attached hydrogen (secondary N) is 1. The third-order valence-corrected chi connectivity index (χ3v) is 3.47. The second-order valence-corrected chi connectivity index (χ2v) is 6.09. The van der Waals surface area contributed by atoms with Crippen molar-refractivity contribution >= 4 is 11.6 Å². The van der Waals surface area contributed by atoms with Gasteiger partial charge in [0.1, 0.15) is 5.56 Å². The number of aryl methyl sites for hydroxylation is 1. The van der Waals surface area contributed by atoms with Crippen LogP contribution in [-0.2, 0) is 12.5 Å². The van der Waals surface area contributed by atoms with E-state index in [-0.39, 0.29) is 11.0 Å². The quantitative estimate of drug-likeness (QED) is 0.924. The van der Waals surface area contributed by atoms with Gasteiger partial charge in [-0.15, -0.1) is 0 Å². The van der Waals surface area contributed by atoms with Gasteiger partial charge in [-0.25, -0.2) is 9.53 Å². The van der Waals surface area contributed by atoms with Crippen molar-refractivity contribution in [2.45, 2.75) is 33.1 Å². The van der Waals surface area contributed by atoms with Gasteiger partial charge in [-0.1, -0.05) is 39.0 Å². The molecule has 0 spiro atoms. The lowest BCUT2D eigenvalue weighted by molar-refractivity contribution is 0.102. The number of amides is 1. The molecule has 0 unspecified atom stereocenters. The number of para-hydroxylation sites is 1. The summed E-state index contributed by atoms with van der Waals surface area (Å²) in [6, 6.07) is 7.58. The van der Waals surface area contributed by atoms with Gasteiger partial charge in [0, 0.05) is 12.7 Å². The summed E-state index contributed by atoms with van der Waals surface area (Å²) in [5, 5.41) is 2.82. The largest absolute Gasteiger partial charge is 0.370 e. The van der Waals surface area contributed by atoms with Crippen molar-refractivity contribution in [3.63, 3.8) is 0 Å². The first-order valence-corrected chi connectivity index (χ1v) is 6.79. The topological polar surface area (TPSA) is 64.2 Å². The fourth-order valence-electron chi connectivity index (χ4n) is 2.23. The Morgan fingerprint density at radius 1 is 1.24 bits per heavy atom. The molecule has 0 fully saturated rings. The first-order valence-electron chi connectivity index (χ1n) is 6.79. The molecule has 1 aromatic carbocycles. The van der Waals surface area contributed by atoms with E-state index in [2.05, 4.69) is 26.1 Å². The standard InChI is InChI=1S/C16H20N2O3/c1-10-13(15(20)21-18(10)5)14(19)17-12-9-7-6-8-11(12)16(2,3)4/h6-9H,1-5H3,(H,17,19). The van der Waals surface area contributed by atoms with E-state index >= 15 is 0 Å². The molecule has 1 N–H and O–H groups in total. The fraction of sp³-hybridized carbons (Fsp3) is 0.375. The minimum Gasteiger partial charge on any atom is -0.336 e. The van der Waals surface area contributed by atoms with Crippen LogP contribution in [0.4, 0.5) is 5.69 Å². The second kappa shape index (κ2) is 5.24. The van der Waals surface area contributed by atoms with Gasteiger partial charge in [0.25, 0.3) is 5.91 Å². The van der Waals surface area contributed by atoms with E-state index in [1.807, 2.05) is 24.3 Å². The predicted molar refractivity (Wildman–Crippen MR) is 81.8 cm³/mol. The van der Waals surface area contributed by atoms with Gasteiger partial charge in [-0.3, -0.25) is 4.79 Å². The molecule has 0 atom stereocenters. The monoisotopic (exact) mass is 288 g/mol. The third-order valence-electron chi connectivity index (χ3n) is 3.47. The summed E-state index contributed by atoms with van der Waals surface area (Å²) in [7, 11) is 1.59. The zero-order valence-corrected chi connectivity index (χ0v) is 13.0. The normalized spacial score (nSPS) is 11.5. The lowest BCUT2D eigenvalue weighted by Crippen LogP contribution is -2.22. The Labute approximate surface area is 123 Å². The van der Waals surface area contributed by atoms with Crippen molar-refractivity contribution in [3.8, 4) is 0 Å². The Kier molecular flexibility index (Phi) is 3.77. The van der Waals surface area contributed by atoms with E-state index in [9.17, 15) is 9.59 Å². The highest BCUT2D eigenvalue weighted by molar-refractivity contribution is 6.05. The molecule has 0 radical (unpaired) electrons. The number of carbonyl (C=O) groups excluding carboxylic acids is 1. The van der Waals surface area contributed by atoms with Crippen LogP contribution in [0.5, 0.6) is 0 Å². The van der Waals surface area contributed by atoms with E-state index in [0.29, 0.717) is 11.4 Å². The number of hydrogen-bond acceptors (Lipinski definition) is 3. The average Bonchev–Trinajstić information content (AvgIpc) is 2.62. The van der Waals surface area contributed by atoms with Crippen molar-refractivity contribution in [1.82, 2.24) is 4.74 Å². The Balaban J connectivity index is 2.40. The highest BCUT2D eigenvalue weighted by atomic mass is 16.5. The number of rotatable bonds is 2. The van der Waals surface area contributed by atoms with Crippen LogP contribution >= 0.6 is 0 Å². The molecular weight excluding hydrogens is 268 g/mol. The van der Waals surface area contributed by atoms with Crippen LogP contribution in [-0.4, -0.2) is 10.6 Å². The van der Waals surface area contributed by atoms with Crippen LogP contribution in [0, 0.1) is 6.92 Å². The smallest absolute Gasteiger partial charge is 0.336 e. The highest BCUT2D eigenvalue weighted by Gasteiger charge is 2.23. The summed E-state index contributed by atoms with van der Waals surface area (Å²) in [5.41, 5.74) is 1.53. The molecule has 0 saturated carbocycles. The van der Waals surface area contributed by atoms with Crippen LogP contribution < -0.4 is 10.9 Å². The van der Waals surface area contributed by atoms with E-state index in [1.54, 1.807) is 14.0 Å². The highest BCUT2D eigenvalue weighted by Crippen LogP contribution is 2.29. The molecule has 5 heteroatoms. The SMILES string of the molecule is Cc1c(C(=O)Nc2ccccc2C(C)(C)C)c(=O)on1C. The maximum Gasteiger partial charge on any atom is 0.370 e. The molecule has 0 aliphatic carbocycles. The molecule has 0 aliphatic rings. The van der Waals surface area contributed by atoms with Crippen LogP contribution in [0.3, 0.4) is 0 Å². The summed E-state index contributed by atoms with van der Waals surface area (Å²) >= 11 is 0. The van der Waals surface area contributed by atoms with Gasteiger partial charge >= 0.3 is 5.63 Å². The van der Waals surface area contributed by atoms with Gasteiger partial charge in [0.05, 0.1) is 5.69 Å². The first kappa shape index (κ1) is 15.1. The average molecular weight is 288 g/mol. The fourth-order valence-corrected chi connectivity index (χ4v) is 2.23. The van der Waals surface area contributed by atoms with Crippen molar-refractivity contribution in [2.75, 3.05) is 5.32 Å². The van der Waals surface area contributed by atoms with Crippen molar-refractivity contribution in [1.29, 1.82) is 0 Å². The molecule has 21 heavy (non-hydrogen) atoms. The van der Waals surface area contributed by atoms with Crippen molar-refractivity contribution < 1.29 is 9.32 Å². The maximum atomic E-state index is 12.4. The predicted octanol–water partition coefficient (Wildman–Crippen LogP) is 2.84. The van der Waals surface area contributed by atoms with Crippen LogP contribution in [0.15, 0.2) is 33.6 Å². The van der Waals surface area contributed by atoms with Gasteiger partial charge in [0.15, 0.2) is 0 Å². The molecule has 1 heterocycles. The molecule has 2 rings (SSSR count). The lowest BCUT2D eigenvalue weighted by atomic mass is 9.86. The minimum atomic E-state index is -0.624. The van der Waals surface area contributed by atoms with Crippen molar-refractivity contribution in [2.24, 2.45) is 7.05 Å². The minimum absolute atomic E-state index is 0.0428. The number of hydrogen-bond donors (Lipinski definition) is 1. The van der Waals surface area contributed by atoms with Crippen LogP contribution in [0.25, 0.3) is 0 Å². The van der Waals surface area contributed by atoms with E-state index in [4.69, 9.17) is 4.52 Å². The molecule has 5 nitrogen and oxygen atoms in total. The van der Waals surface area contributed by atoms with E-state index in [0.717, 1.165) is 5.56 Å². The lowest BCUT2D eigenvalue weighted by Gasteiger charge is -2.22. The molecule has 0 saturated heterocycles. The summed E-state index contributed by atoms with van der Waals surface area (Å²) in [4.78, 5) is 24.1. The Bertz CT molecular complexity index is 733. The Morgan fingerprint density at radius 3 is 2.38 bits per heavy atom. The number of benzene rings is 1. The number of anilines is 1. The summed E-state index contributed by atoms with van der Waals surface area (Å²) < 4.78 is 6.20. The summed E-state index contributed by atoms with van der Waals surface area (Å²) in [6.07, 6.45) is 0. The first-order chi connectivity index (χ1) is 9.71. The Hall–Kier alpha value is -2.30. The molecule has 2 aromatic rings. The molecule has 1 aromatic heterocycles. The van der Waals surface area contributed by atoms with Gasteiger partial charge in [-0.2, -0.15) is 0 Å². The van der Waals surface area contributed by atoms with Gasteiger partial charge < -0.3 is 9.84 Å². The van der Waals surface area contributed by atoms with Gasteiger partial charge in [0.2, 0.25) is 0 Å². The molecule has 1 amide bonds. The molecule has 0 aliphatic heterocycles. The van der Waals surface area contributed by atoms with Crippen molar-refractivity contribution in [3.05, 3.63) is 51.5 Å². The molecular formula is C16H20N2O3.